The van der Waals surface area contributed by atoms with Gasteiger partial charge in [0.15, 0.2) is 0 Å². The Bertz CT molecular complexity index is 2110. The van der Waals surface area contributed by atoms with Gasteiger partial charge >= 0.3 is 110 Å². The Labute approximate surface area is 337 Å². The summed E-state index contributed by atoms with van der Waals surface area (Å²) in [4.78, 5) is 0. The molecule has 6 aromatic carbocycles. The average molecular weight is 787 g/mol. The minimum Gasteiger partial charge on any atom is -0.273 e. The number of hydrogen-bond acceptors (Lipinski definition) is 0. The van der Waals surface area contributed by atoms with Crippen molar-refractivity contribution in [3.63, 3.8) is 0 Å². The number of benzene rings is 6. The maximum absolute atomic E-state index is 5.86. The van der Waals surface area contributed by atoms with Crippen LogP contribution in [0.5, 0.6) is 0 Å². The Balaban J connectivity index is 0.000000197. The van der Waals surface area contributed by atoms with Crippen LogP contribution in [0.25, 0.3) is 33.4 Å². The SMILES string of the molecule is CC(C)(C)c1cc2c([c-]c1-c1ccccc1)Cc1cc(-c3ccccc3)c(C(C)(C)C)cc1-2.Clc1ccc([C](=[Zr+2])c2ccccc2)cc1.[C-]1=CC=CC1. The predicted octanol–water partition coefficient (Wildman–Crippen LogP) is 13.7. The van der Waals surface area contributed by atoms with E-state index in [4.69, 9.17) is 11.6 Å². The van der Waals surface area contributed by atoms with Gasteiger partial charge in [0, 0.05) is 0 Å². The van der Waals surface area contributed by atoms with E-state index in [1.54, 1.807) is 0 Å². The molecule has 0 atom stereocenters. The molecule has 0 aliphatic heterocycles. The predicted molar refractivity (Wildman–Crippen MR) is 224 cm³/mol. The van der Waals surface area contributed by atoms with Crippen LogP contribution in [0.15, 0.2) is 152 Å². The summed E-state index contributed by atoms with van der Waals surface area (Å²) in [6, 6.07) is 51.3. The first-order valence-electron chi connectivity index (χ1n) is 18.4. The maximum Gasteiger partial charge on any atom is -0.109 e. The zero-order valence-electron chi connectivity index (χ0n) is 31.7. The normalized spacial score (nSPS) is 12.6. The van der Waals surface area contributed by atoms with Crippen molar-refractivity contribution in [2.45, 2.75) is 65.2 Å². The summed E-state index contributed by atoms with van der Waals surface area (Å²) >= 11 is 7.28. The van der Waals surface area contributed by atoms with E-state index in [1.165, 1.54) is 94.2 Å². The van der Waals surface area contributed by atoms with Gasteiger partial charge in [-0.15, -0.1) is 35.2 Å². The molecule has 0 saturated heterocycles. The summed E-state index contributed by atoms with van der Waals surface area (Å²) in [5.74, 6) is 0. The van der Waals surface area contributed by atoms with Crippen LogP contribution < -0.4 is 0 Å². The van der Waals surface area contributed by atoms with E-state index in [0.29, 0.717) is 0 Å². The summed E-state index contributed by atoms with van der Waals surface area (Å²) in [7, 11) is 0. The molecule has 0 amide bonds. The molecule has 0 radical (unpaired) electrons. The number of hydrogen-bond donors (Lipinski definition) is 0. The molecule has 0 unspecified atom stereocenters. The van der Waals surface area contributed by atoms with E-state index in [0.717, 1.165) is 17.9 Å². The number of halogens is 1. The van der Waals surface area contributed by atoms with Crippen molar-refractivity contribution in [2.75, 3.05) is 0 Å². The first-order valence-corrected chi connectivity index (χ1v) is 20.0. The van der Waals surface area contributed by atoms with Crippen LogP contribution >= 0.6 is 11.6 Å². The molecule has 0 aromatic heterocycles. The molecular formula is C51H47ClZr. The molecule has 0 bridgehead atoms. The quantitative estimate of drug-likeness (QED) is 0.156. The van der Waals surface area contributed by atoms with E-state index >= 15 is 0 Å². The molecule has 0 fully saturated rings. The van der Waals surface area contributed by atoms with E-state index in [1.807, 2.05) is 30.4 Å². The second-order valence-corrected chi connectivity index (χ2v) is 17.3. The zero-order chi connectivity index (χ0) is 37.6. The first kappa shape index (κ1) is 38.6. The molecule has 53 heavy (non-hydrogen) atoms. The third-order valence-corrected chi connectivity index (χ3v) is 11.3. The van der Waals surface area contributed by atoms with Gasteiger partial charge in [-0.2, -0.15) is 6.08 Å². The maximum atomic E-state index is 5.86. The molecule has 262 valence electrons. The van der Waals surface area contributed by atoms with Gasteiger partial charge in [0.05, 0.1) is 0 Å². The van der Waals surface area contributed by atoms with Crippen molar-refractivity contribution in [3.05, 3.63) is 202 Å². The molecule has 2 aliphatic rings. The average Bonchev–Trinajstić information content (AvgIpc) is 3.86. The van der Waals surface area contributed by atoms with E-state index in [2.05, 4.69) is 175 Å². The van der Waals surface area contributed by atoms with Gasteiger partial charge in [0.2, 0.25) is 0 Å². The van der Waals surface area contributed by atoms with E-state index in [-0.39, 0.29) is 10.8 Å². The fourth-order valence-corrected chi connectivity index (χ4v) is 7.78. The van der Waals surface area contributed by atoms with E-state index in [9.17, 15) is 0 Å². The van der Waals surface area contributed by atoms with Crippen LogP contribution in [-0.2, 0) is 41.5 Å². The van der Waals surface area contributed by atoms with Crippen LogP contribution in [-0.4, -0.2) is 3.21 Å². The van der Waals surface area contributed by atoms with Crippen molar-refractivity contribution in [1.29, 1.82) is 0 Å². The third-order valence-electron chi connectivity index (χ3n) is 9.60. The van der Waals surface area contributed by atoms with Gasteiger partial charge in [-0.25, -0.2) is 12.2 Å². The number of fused-ring (bicyclic) bond motifs is 3. The van der Waals surface area contributed by atoms with Gasteiger partial charge in [-0.05, 0) is 39.5 Å². The monoisotopic (exact) mass is 784 g/mol. The standard InChI is InChI=1S/C33H33.C13H9Cl.C5H5.Zr/c1-32(2,3)30-20-26-24(18-28(30)22-13-9-7-10-14-22)17-25-19-29(23-15-11-8-12-16-23)31(21-27(25)26)33(4,5)6;14-13-8-6-12(7-9-13)10-11-4-2-1-3-5-11;1-2-4-5-3-1;/h7-16,18,20-21H,17H2,1-6H3;1-9H;1-3H,4H2;/q-1;;-1;+2. The molecule has 0 heterocycles. The van der Waals surface area contributed by atoms with Gasteiger partial charge in [0.25, 0.3) is 0 Å². The smallest absolute Gasteiger partial charge is 0.109 e. The Hall–Kier alpha value is -4.16. The van der Waals surface area contributed by atoms with Gasteiger partial charge in [0.1, 0.15) is 0 Å². The van der Waals surface area contributed by atoms with Crippen molar-refractivity contribution in [1.82, 2.24) is 0 Å². The molecule has 2 aliphatic carbocycles. The van der Waals surface area contributed by atoms with Crippen molar-refractivity contribution >= 4 is 14.8 Å². The van der Waals surface area contributed by atoms with Crippen LogP contribution in [0.2, 0.25) is 5.02 Å². The van der Waals surface area contributed by atoms with Crippen molar-refractivity contribution < 1.29 is 24.2 Å². The topological polar surface area (TPSA) is 0 Å². The van der Waals surface area contributed by atoms with Gasteiger partial charge in [-0.1, -0.05) is 131 Å². The molecular weight excluding hydrogens is 739 g/mol. The minimum absolute atomic E-state index is 0.0380. The number of rotatable bonds is 4. The minimum atomic E-state index is 0.0380. The molecule has 6 aromatic rings. The molecule has 2 heteroatoms. The van der Waals surface area contributed by atoms with E-state index < -0.39 is 0 Å². The first-order chi connectivity index (χ1) is 25.4. The molecule has 0 spiro atoms. The van der Waals surface area contributed by atoms with Crippen molar-refractivity contribution in [3.8, 4) is 33.4 Å². The second-order valence-electron chi connectivity index (χ2n) is 15.7. The summed E-state index contributed by atoms with van der Waals surface area (Å²) in [5, 5.41) is 0.787. The van der Waals surface area contributed by atoms with Crippen LogP contribution in [0, 0.1) is 12.1 Å². The molecule has 0 nitrogen and oxygen atoms in total. The summed E-state index contributed by atoms with van der Waals surface area (Å²) in [5.41, 5.74) is 16.0. The van der Waals surface area contributed by atoms with Crippen molar-refractivity contribution in [2.24, 2.45) is 0 Å². The Morgan fingerprint density at radius 2 is 1.15 bits per heavy atom. The Kier molecular flexibility index (Phi) is 12.3. The van der Waals surface area contributed by atoms with Crippen LogP contribution in [0.3, 0.4) is 0 Å². The van der Waals surface area contributed by atoms with Gasteiger partial charge < -0.3 is 0 Å². The fourth-order valence-electron chi connectivity index (χ4n) is 6.83. The Morgan fingerprint density at radius 1 is 0.604 bits per heavy atom. The Morgan fingerprint density at radius 3 is 1.68 bits per heavy atom. The zero-order valence-corrected chi connectivity index (χ0v) is 34.9. The largest absolute Gasteiger partial charge is 0.273 e. The fraction of sp³-hybridized carbons (Fsp3) is 0.196. The molecule has 8 rings (SSSR count). The molecule has 0 N–H and O–H groups in total. The third kappa shape index (κ3) is 9.51. The van der Waals surface area contributed by atoms with Crippen LogP contribution in [0.4, 0.5) is 0 Å². The van der Waals surface area contributed by atoms with Crippen LogP contribution in [0.1, 0.15) is 81.3 Å². The summed E-state index contributed by atoms with van der Waals surface area (Å²) < 4.78 is 1.36. The summed E-state index contributed by atoms with van der Waals surface area (Å²) in [6.07, 6.45) is 10.9. The summed E-state index contributed by atoms with van der Waals surface area (Å²) in [6.45, 7) is 13.9. The number of allylic oxidation sites excluding steroid dienone is 4. The van der Waals surface area contributed by atoms with Gasteiger partial charge in [-0.3, -0.25) is 6.08 Å². The molecule has 0 saturated carbocycles. The second kappa shape index (κ2) is 16.9.